The summed E-state index contributed by atoms with van der Waals surface area (Å²) in [6, 6.07) is 7.99. The van der Waals surface area contributed by atoms with Crippen molar-refractivity contribution in [1.82, 2.24) is 15.8 Å². The van der Waals surface area contributed by atoms with Crippen molar-refractivity contribution >= 4 is 44.2 Å². The predicted octanol–water partition coefficient (Wildman–Crippen LogP) is 2.62. The molecule has 7 nitrogen and oxygen atoms in total. The highest BCUT2D eigenvalue weighted by atomic mass is 79.9. The van der Waals surface area contributed by atoms with Crippen molar-refractivity contribution in [2.24, 2.45) is 5.92 Å². The second-order valence-electron chi connectivity index (χ2n) is 6.95. The molecule has 9 heteroatoms. The van der Waals surface area contributed by atoms with E-state index in [0.717, 1.165) is 34.7 Å². The first-order valence-corrected chi connectivity index (χ1v) is 10.8. The fourth-order valence-corrected chi connectivity index (χ4v) is 4.59. The van der Waals surface area contributed by atoms with Crippen molar-refractivity contribution in [1.29, 1.82) is 0 Å². The average molecular weight is 465 g/mol. The summed E-state index contributed by atoms with van der Waals surface area (Å²) in [7, 11) is 0. The van der Waals surface area contributed by atoms with E-state index >= 15 is 0 Å². The Labute approximate surface area is 175 Å². The van der Waals surface area contributed by atoms with Gasteiger partial charge < -0.3 is 9.64 Å². The normalized spacial score (nSPS) is 21.3. The van der Waals surface area contributed by atoms with Gasteiger partial charge in [-0.25, -0.2) is 4.98 Å². The van der Waals surface area contributed by atoms with Crippen molar-refractivity contribution in [3.63, 3.8) is 0 Å². The molecule has 28 heavy (non-hydrogen) atoms. The minimum absolute atomic E-state index is 0.104. The lowest BCUT2D eigenvalue weighted by Crippen LogP contribution is -2.42. The number of benzene rings is 1. The highest BCUT2D eigenvalue weighted by Crippen LogP contribution is 2.47. The summed E-state index contributed by atoms with van der Waals surface area (Å²) in [6.07, 6.45) is 0.796. The molecule has 1 aromatic heterocycles. The maximum Gasteiger partial charge on any atom is 0.281 e. The Morgan fingerprint density at radius 1 is 1.21 bits per heavy atom. The second kappa shape index (κ2) is 8.18. The molecule has 2 atom stereocenters. The number of carbonyl (C=O) groups is 2. The molecule has 2 unspecified atom stereocenters. The van der Waals surface area contributed by atoms with Crippen LogP contribution in [0.4, 0.5) is 5.13 Å². The number of amides is 2. The SMILES string of the molecule is Cc1nc(N2CCOCC2)sc1C(=O)NNC(=O)C1CC1c1ccc(Br)cc1. The molecular weight excluding hydrogens is 444 g/mol. The molecule has 1 aliphatic carbocycles. The summed E-state index contributed by atoms with van der Waals surface area (Å²) in [5, 5.41) is 0.815. The van der Waals surface area contributed by atoms with E-state index in [2.05, 4.69) is 36.7 Å². The largest absolute Gasteiger partial charge is 0.378 e. The molecule has 1 saturated carbocycles. The zero-order valence-corrected chi connectivity index (χ0v) is 17.8. The van der Waals surface area contributed by atoms with Crippen LogP contribution in [0.2, 0.25) is 0 Å². The number of ether oxygens (including phenoxy) is 1. The lowest BCUT2D eigenvalue weighted by atomic mass is 10.1. The lowest BCUT2D eigenvalue weighted by Gasteiger charge is -2.25. The Bertz CT molecular complexity index is 880. The van der Waals surface area contributed by atoms with Crippen LogP contribution in [0.5, 0.6) is 0 Å². The summed E-state index contributed by atoms with van der Waals surface area (Å²) in [5.74, 6) is -0.378. The Morgan fingerprint density at radius 2 is 1.93 bits per heavy atom. The number of anilines is 1. The summed E-state index contributed by atoms with van der Waals surface area (Å²) in [4.78, 5) is 32.0. The van der Waals surface area contributed by atoms with Crippen molar-refractivity contribution in [2.45, 2.75) is 19.3 Å². The van der Waals surface area contributed by atoms with Crippen molar-refractivity contribution in [2.75, 3.05) is 31.2 Å². The van der Waals surface area contributed by atoms with E-state index in [9.17, 15) is 9.59 Å². The Kier molecular flexibility index (Phi) is 5.65. The van der Waals surface area contributed by atoms with Crippen LogP contribution in [-0.4, -0.2) is 43.1 Å². The summed E-state index contributed by atoms with van der Waals surface area (Å²) >= 11 is 4.75. The molecule has 4 rings (SSSR count). The molecule has 0 radical (unpaired) electrons. The Hall–Kier alpha value is -1.97. The quantitative estimate of drug-likeness (QED) is 0.679. The number of thiazole rings is 1. The van der Waals surface area contributed by atoms with Gasteiger partial charge in [0.2, 0.25) is 5.91 Å². The minimum Gasteiger partial charge on any atom is -0.378 e. The molecule has 1 aliphatic heterocycles. The molecule has 2 N–H and O–H groups in total. The zero-order chi connectivity index (χ0) is 19.7. The molecule has 2 aromatic rings. The average Bonchev–Trinajstić information content (AvgIpc) is 3.42. The highest BCUT2D eigenvalue weighted by molar-refractivity contribution is 9.10. The number of aromatic nitrogens is 1. The van der Waals surface area contributed by atoms with Crippen LogP contribution < -0.4 is 15.8 Å². The summed E-state index contributed by atoms with van der Waals surface area (Å²) < 4.78 is 6.37. The topological polar surface area (TPSA) is 83.6 Å². The molecule has 1 aromatic carbocycles. The van der Waals surface area contributed by atoms with E-state index in [1.807, 2.05) is 31.2 Å². The third kappa shape index (κ3) is 4.21. The lowest BCUT2D eigenvalue weighted by molar-refractivity contribution is -0.123. The van der Waals surface area contributed by atoms with Crippen LogP contribution >= 0.6 is 27.3 Å². The van der Waals surface area contributed by atoms with E-state index < -0.39 is 0 Å². The van der Waals surface area contributed by atoms with Gasteiger partial charge in [-0.1, -0.05) is 39.4 Å². The molecule has 2 heterocycles. The monoisotopic (exact) mass is 464 g/mol. The van der Waals surface area contributed by atoms with Crippen LogP contribution in [0.3, 0.4) is 0 Å². The Morgan fingerprint density at radius 3 is 2.64 bits per heavy atom. The van der Waals surface area contributed by atoms with Gasteiger partial charge in [-0.15, -0.1) is 0 Å². The number of hydrogen-bond donors (Lipinski definition) is 2. The zero-order valence-electron chi connectivity index (χ0n) is 15.4. The van der Waals surface area contributed by atoms with E-state index in [-0.39, 0.29) is 23.7 Å². The number of morpholine rings is 1. The highest BCUT2D eigenvalue weighted by Gasteiger charge is 2.44. The van der Waals surface area contributed by atoms with Gasteiger partial charge in [0.1, 0.15) is 4.88 Å². The third-order valence-corrected chi connectivity index (χ3v) is 6.74. The van der Waals surface area contributed by atoms with Gasteiger partial charge in [0.15, 0.2) is 5.13 Å². The molecular formula is C19H21BrN4O3S. The second-order valence-corrected chi connectivity index (χ2v) is 8.85. The van der Waals surface area contributed by atoms with Gasteiger partial charge in [0, 0.05) is 23.5 Å². The number of rotatable bonds is 4. The first-order chi connectivity index (χ1) is 13.5. The van der Waals surface area contributed by atoms with Crippen LogP contribution in [0.15, 0.2) is 28.7 Å². The molecule has 0 bridgehead atoms. The van der Waals surface area contributed by atoms with Gasteiger partial charge in [-0.3, -0.25) is 20.4 Å². The molecule has 1 saturated heterocycles. The standard InChI is InChI=1S/C19H21BrN4O3S/c1-11-16(28-19(21-11)24-6-8-27-9-7-24)18(26)23-22-17(25)15-10-14(15)12-2-4-13(20)5-3-12/h2-5,14-15H,6-10H2,1H3,(H,22,25)(H,23,26). The summed E-state index contributed by atoms with van der Waals surface area (Å²) in [6.45, 7) is 4.67. The predicted molar refractivity (Wildman–Crippen MR) is 110 cm³/mol. The van der Waals surface area contributed by atoms with Crippen LogP contribution in [0.1, 0.15) is 33.3 Å². The summed E-state index contributed by atoms with van der Waals surface area (Å²) in [5.41, 5.74) is 6.91. The van der Waals surface area contributed by atoms with Crippen molar-refractivity contribution in [3.05, 3.63) is 44.9 Å². The van der Waals surface area contributed by atoms with E-state index in [4.69, 9.17) is 4.74 Å². The number of nitrogens with zero attached hydrogens (tertiary/aromatic N) is 2. The van der Waals surface area contributed by atoms with Gasteiger partial charge in [-0.05, 0) is 37.0 Å². The van der Waals surface area contributed by atoms with Crippen LogP contribution in [0, 0.1) is 12.8 Å². The molecule has 148 valence electrons. The van der Waals surface area contributed by atoms with Crippen molar-refractivity contribution < 1.29 is 14.3 Å². The van der Waals surface area contributed by atoms with E-state index in [0.29, 0.717) is 23.8 Å². The molecule has 0 spiro atoms. The van der Waals surface area contributed by atoms with Gasteiger partial charge in [0.25, 0.3) is 5.91 Å². The van der Waals surface area contributed by atoms with Gasteiger partial charge in [0.05, 0.1) is 18.9 Å². The smallest absolute Gasteiger partial charge is 0.281 e. The van der Waals surface area contributed by atoms with E-state index in [1.165, 1.54) is 11.3 Å². The minimum atomic E-state index is -0.330. The number of carbonyl (C=O) groups excluding carboxylic acids is 2. The number of halogens is 1. The fourth-order valence-electron chi connectivity index (χ4n) is 3.31. The maximum absolute atomic E-state index is 12.5. The van der Waals surface area contributed by atoms with Gasteiger partial charge in [-0.2, -0.15) is 0 Å². The number of hydrazine groups is 1. The first kappa shape index (κ1) is 19.4. The van der Waals surface area contributed by atoms with E-state index in [1.54, 1.807) is 0 Å². The van der Waals surface area contributed by atoms with Gasteiger partial charge >= 0.3 is 0 Å². The number of hydrogen-bond acceptors (Lipinski definition) is 6. The first-order valence-electron chi connectivity index (χ1n) is 9.18. The van der Waals surface area contributed by atoms with Crippen molar-refractivity contribution in [3.8, 4) is 0 Å². The van der Waals surface area contributed by atoms with Crippen LogP contribution in [0.25, 0.3) is 0 Å². The number of aryl methyl sites for hydroxylation is 1. The number of nitrogens with one attached hydrogen (secondary N) is 2. The third-order valence-electron chi connectivity index (χ3n) is 5.00. The Balaban J connectivity index is 1.31. The molecule has 2 amide bonds. The maximum atomic E-state index is 12.5. The molecule has 2 aliphatic rings. The fraction of sp³-hybridized carbons (Fsp3) is 0.421. The molecule has 2 fully saturated rings. The van der Waals surface area contributed by atoms with Crippen LogP contribution in [-0.2, 0) is 9.53 Å².